The summed E-state index contributed by atoms with van der Waals surface area (Å²) in [5.74, 6) is -0.190. The van der Waals surface area contributed by atoms with Crippen molar-refractivity contribution < 1.29 is 9.90 Å². The summed E-state index contributed by atoms with van der Waals surface area (Å²) in [5.41, 5.74) is 3.49. The van der Waals surface area contributed by atoms with Gasteiger partial charge in [-0.25, -0.2) is 0 Å². The Kier molecular flexibility index (Phi) is 4.76. The number of hydrogen-bond donors (Lipinski definition) is 2. The zero-order valence-corrected chi connectivity index (χ0v) is 14.7. The summed E-state index contributed by atoms with van der Waals surface area (Å²) in [7, 11) is 5.86. The summed E-state index contributed by atoms with van der Waals surface area (Å²) in [6, 6.07) is 15.3. The molecule has 130 valence electrons. The number of hydrogen-bond acceptors (Lipinski definition) is 3. The quantitative estimate of drug-likeness (QED) is 0.753. The van der Waals surface area contributed by atoms with E-state index in [1.54, 1.807) is 12.1 Å². The third-order valence-corrected chi connectivity index (χ3v) is 4.39. The maximum atomic E-state index is 12.3. The van der Waals surface area contributed by atoms with E-state index in [1.165, 1.54) is 0 Å². The molecule has 5 heteroatoms. The van der Waals surface area contributed by atoms with E-state index in [0.29, 0.717) is 5.56 Å². The van der Waals surface area contributed by atoms with Crippen molar-refractivity contribution in [1.29, 1.82) is 0 Å². The Morgan fingerprint density at radius 3 is 2.52 bits per heavy atom. The van der Waals surface area contributed by atoms with Crippen molar-refractivity contribution in [2.75, 3.05) is 25.5 Å². The van der Waals surface area contributed by atoms with Gasteiger partial charge < -0.3 is 19.9 Å². The number of aliphatic hydroxyl groups excluding tert-OH is 1. The molecule has 2 N–H and O–H groups in total. The highest BCUT2D eigenvalue weighted by Crippen LogP contribution is 2.25. The number of anilines is 1. The predicted octanol–water partition coefficient (Wildman–Crippen LogP) is 2.71. The average Bonchev–Trinajstić information content (AvgIpc) is 2.97. The molecule has 0 saturated carbocycles. The highest BCUT2D eigenvalue weighted by molar-refractivity contribution is 5.94. The highest BCUT2D eigenvalue weighted by atomic mass is 16.3. The summed E-state index contributed by atoms with van der Waals surface area (Å²) in [6.45, 7) is 0.169. The monoisotopic (exact) mass is 337 g/mol. The van der Waals surface area contributed by atoms with Crippen molar-refractivity contribution in [1.82, 2.24) is 9.88 Å². The van der Waals surface area contributed by atoms with Gasteiger partial charge in [-0.3, -0.25) is 4.79 Å². The van der Waals surface area contributed by atoms with Gasteiger partial charge in [-0.1, -0.05) is 18.2 Å². The molecule has 0 aliphatic carbocycles. The number of amides is 1. The molecule has 1 atom stereocenters. The number of fused-ring (bicyclic) bond motifs is 1. The van der Waals surface area contributed by atoms with Crippen LogP contribution in [0.3, 0.4) is 0 Å². The SMILES string of the molecule is CN(C)c1ccc(C(=O)NCC(O)c2cn(C)c3ccccc23)cc1. The van der Waals surface area contributed by atoms with Crippen LogP contribution in [0.5, 0.6) is 0 Å². The molecule has 5 nitrogen and oxygen atoms in total. The van der Waals surface area contributed by atoms with E-state index in [2.05, 4.69) is 5.32 Å². The van der Waals surface area contributed by atoms with Crippen molar-refractivity contribution in [2.24, 2.45) is 7.05 Å². The van der Waals surface area contributed by atoms with E-state index in [-0.39, 0.29) is 12.5 Å². The number of aliphatic hydroxyl groups is 1. The second-order valence-electron chi connectivity index (χ2n) is 6.38. The first-order valence-corrected chi connectivity index (χ1v) is 8.25. The molecule has 0 spiro atoms. The molecule has 0 fully saturated rings. The molecule has 1 unspecified atom stereocenters. The van der Waals surface area contributed by atoms with Crippen molar-refractivity contribution in [3.63, 3.8) is 0 Å². The van der Waals surface area contributed by atoms with Gasteiger partial charge in [0.15, 0.2) is 0 Å². The second-order valence-corrected chi connectivity index (χ2v) is 6.38. The molecule has 3 rings (SSSR count). The lowest BCUT2D eigenvalue weighted by atomic mass is 10.1. The van der Waals surface area contributed by atoms with E-state index in [0.717, 1.165) is 22.2 Å². The van der Waals surface area contributed by atoms with Crippen molar-refractivity contribution in [2.45, 2.75) is 6.10 Å². The molecular formula is C20H23N3O2. The number of carbonyl (C=O) groups is 1. The third kappa shape index (κ3) is 3.51. The Bertz CT molecular complexity index is 882. The normalized spacial score (nSPS) is 12.2. The van der Waals surface area contributed by atoms with E-state index in [1.807, 2.05) is 73.2 Å². The molecule has 0 radical (unpaired) electrons. The van der Waals surface area contributed by atoms with Crippen LogP contribution in [-0.4, -0.2) is 36.2 Å². The van der Waals surface area contributed by atoms with Crippen LogP contribution in [0.15, 0.2) is 54.7 Å². The Hall–Kier alpha value is -2.79. The number of nitrogens with one attached hydrogen (secondary N) is 1. The van der Waals surface area contributed by atoms with E-state index >= 15 is 0 Å². The van der Waals surface area contributed by atoms with E-state index in [4.69, 9.17) is 0 Å². The lowest BCUT2D eigenvalue weighted by molar-refractivity contribution is 0.0917. The molecule has 25 heavy (non-hydrogen) atoms. The zero-order chi connectivity index (χ0) is 18.0. The van der Waals surface area contributed by atoms with Gasteiger partial charge in [0.25, 0.3) is 5.91 Å². The third-order valence-electron chi connectivity index (χ3n) is 4.39. The molecular weight excluding hydrogens is 314 g/mol. The average molecular weight is 337 g/mol. The fraction of sp³-hybridized carbons (Fsp3) is 0.250. The zero-order valence-electron chi connectivity index (χ0n) is 14.7. The largest absolute Gasteiger partial charge is 0.386 e. The standard InChI is InChI=1S/C20H23N3O2/c1-22(2)15-10-8-14(9-11-15)20(25)21-12-19(24)17-13-23(3)18-7-5-4-6-16(17)18/h4-11,13,19,24H,12H2,1-3H3,(H,21,25). The van der Waals surface area contributed by atoms with Gasteiger partial charge in [0.2, 0.25) is 0 Å². The van der Waals surface area contributed by atoms with E-state index < -0.39 is 6.10 Å². The predicted molar refractivity (Wildman–Crippen MR) is 101 cm³/mol. The summed E-state index contributed by atoms with van der Waals surface area (Å²) in [5, 5.41) is 14.3. The van der Waals surface area contributed by atoms with Crippen LogP contribution >= 0.6 is 0 Å². The van der Waals surface area contributed by atoms with E-state index in [9.17, 15) is 9.90 Å². The van der Waals surface area contributed by atoms with Gasteiger partial charge in [0, 0.05) is 61.6 Å². The maximum Gasteiger partial charge on any atom is 0.251 e. The summed E-state index contributed by atoms with van der Waals surface area (Å²) < 4.78 is 1.98. The van der Waals surface area contributed by atoms with Crippen LogP contribution in [0.25, 0.3) is 10.9 Å². The minimum Gasteiger partial charge on any atom is -0.386 e. The van der Waals surface area contributed by atoms with Gasteiger partial charge in [-0.15, -0.1) is 0 Å². The molecule has 0 bridgehead atoms. The molecule has 0 aliphatic rings. The second kappa shape index (κ2) is 6.99. The number of rotatable bonds is 5. The molecule has 3 aromatic rings. The molecule has 0 saturated heterocycles. The fourth-order valence-electron chi connectivity index (χ4n) is 2.95. The summed E-state index contributed by atoms with van der Waals surface area (Å²) in [6.07, 6.45) is 1.16. The molecule has 0 aliphatic heterocycles. The van der Waals surface area contributed by atoms with Crippen LogP contribution in [0, 0.1) is 0 Å². The Balaban J connectivity index is 1.69. The van der Waals surface area contributed by atoms with Crippen molar-refractivity contribution in [3.8, 4) is 0 Å². The van der Waals surface area contributed by atoms with Crippen molar-refractivity contribution >= 4 is 22.5 Å². The van der Waals surface area contributed by atoms with Gasteiger partial charge in [-0.05, 0) is 30.3 Å². The topological polar surface area (TPSA) is 57.5 Å². The Morgan fingerprint density at radius 2 is 1.84 bits per heavy atom. The van der Waals surface area contributed by atoms with Gasteiger partial charge in [0.1, 0.15) is 0 Å². The van der Waals surface area contributed by atoms with Gasteiger partial charge in [0.05, 0.1) is 6.10 Å². The molecule has 1 heterocycles. The summed E-state index contributed by atoms with van der Waals surface area (Å²) in [4.78, 5) is 14.3. The van der Waals surface area contributed by atoms with Crippen LogP contribution in [0.4, 0.5) is 5.69 Å². The molecule has 1 aromatic heterocycles. The lowest BCUT2D eigenvalue weighted by Crippen LogP contribution is -2.28. The lowest BCUT2D eigenvalue weighted by Gasteiger charge is -2.14. The molecule has 2 aromatic carbocycles. The summed E-state index contributed by atoms with van der Waals surface area (Å²) >= 11 is 0. The van der Waals surface area contributed by atoms with Crippen LogP contribution in [0.2, 0.25) is 0 Å². The number of carbonyl (C=O) groups excluding carboxylic acids is 1. The van der Waals surface area contributed by atoms with Crippen molar-refractivity contribution in [3.05, 3.63) is 65.9 Å². The Morgan fingerprint density at radius 1 is 1.16 bits per heavy atom. The Labute approximate surface area is 147 Å². The maximum absolute atomic E-state index is 12.3. The highest BCUT2D eigenvalue weighted by Gasteiger charge is 2.16. The minimum absolute atomic E-state index is 0.169. The first kappa shape index (κ1) is 17.0. The van der Waals surface area contributed by atoms with Gasteiger partial charge >= 0.3 is 0 Å². The first-order valence-electron chi connectivity index (χ1n) is 8.25. The number of para-hydroxylation sites is 1. The number of benzene rings is 2. The number of aryl methyl sites for hydroxylation is 1. The fourth-order valence-corrected chi connectivity index (χ4v) is 2.95. The number of nitrogens with zero attached hydrogens (tertiary/aromatic N) is 2. The number of aromatic nitrogens is 1. The smallest absolute Gasteiger partial charge is 0.251 e. The van der Waals surface area contributed by atoms with Crippen LogP contribution < -0.4 is 10.2 Å². The first-order chi connectivity index (χ1) is 12.0. The minimum atomic E-state index is -0.754. The molecule has 1 amide bonds. The van der Waals surface area contributed by atoms with Crippen LogP contribution in [0.1, 0.15) is 22.0 Å². The van der Waals surface area contributed by atoms with Gasteiger partial charge in [-0.2, -0.15) is 0 Å². The van der Waals surface area contributed by atoms with Crippen LogP contribution in [-0.2, 0) is 7.05 Å².